The summed E-state index contributed by atoms with van der Waals surface area (Å²) in [5.74, 6) is 0.0565. The van der Waals surface area contributed by atoms with Crippen molar-refractivity contribution in [1.82, 2.24) is 14.5 Å². The first kappa shape index (κ1) is 17.7. The Hall–Kier alpha value is -1.70. The zero-order chi connectivity index (χ0) is 17.2. The number of hydrogen-bond donors (Lipinski definition) is 0. The Morgan fingerprint density at radius 1 is 1.43 bits per heavy atom. The summed E-state index contributed by atoms with van der Waals surface area (Å²) in [6, 6.07) is 1.55. The van der Waals surface area contributed by atoms with Crippen LogP contribution in [0.25, 0.3) is 0 Å². The predicted octanol–water partition coefficient (Wildman–Crippen LogP) is 0.286. The van der Waals surface area contributed by atoms with E-state index in [-0.39, 0.29) is 42.1 Å². The highest BCUT2D eigenvalue weighted by Gasteiger charge is 2.33. The standard InChI is InChI=1S/C15H23N3O4S/c1-4-17(13-6-8-23(21,22)10-13)14(19)5-7-18-12(3)9-11(2)16-15(18)20/h9,13H,4-8,10H2,1-3H3/t13-/m0/s1. The number of carbonyl (C=O) groups is 1. The van der Waals surface area contributed by atoms with Gasteiger partial charge in [-0.3, -0.25) is 9.36 Å². The Kier molecular flexibility index (Phi) is 5.23. The summed E-state index contributed by atoms with van der Waals surface area (Å²) in [4.78, 5) is 29.8. The van der Waals surface area contributed by atoms with Crippen molar-refractivity contribution < 1.29 is 13.2 Å². The molecule has 1 aliphatic rings. The number of aryl methyl sites for hydroxylation is 2. The largest absolute Gasteiger partial charge is 0.347 e. The first-order chi connectivity index (χ1) is 10.7. The average Bonchev–Trinajstić information content (AvgIpc) is 2.78. The van der Waals surface area contributed by atoms with Gasteiger partial charge in [0.2, 0.25) is 5.91 Å². The van der Waals surface area contributed by atoms with Gasteiger partial charge in [-0.15, -0.1) is 0 Å². The van der Waals surface area contributed by atoms with Gasteiger partial charge in [-0.2, -0.15) is 4.98 Å². The van der Waals surface area contributed by atoms with Gasteiger partial charge in [0, 0.05) is 36.9 Å². The Morgan fingerprint density at radius 3 is 2.65 bits per heavy atom. The quantitative estimate of drug-likeness (QED) is 0.768. The molecule has 1 aromatic heterocycles. The zero-order valence-electron chi connectivity index (χ0n) is 13.8. The second-order valence-corrected chi connectivity index (χ2v) is 8.19. The molecule has 7 nitrogen and oxygen atoms in total. The van der Waals surface area contributed by atoms with Gasteiger partial charge < -0.3 is 4.90 Å². The summed E-state index contributed by atoms with van der Waals surface area (Å²) in [6.07, 6.45) is 0.656. The van der Waals surface area contributed by atoms with E-state index in [9.17, 15) is 18.0 Å². The molecular formula is C15H23N3O4S. The van der Waals surface area contributed by atoms with Crippen LogP contribution < -0.4 is 5.69 Å². The SMILES string of the molecule is CCN(C(=O)CCn1c(C)cc(C)nc1=O)[C@H]1CCS(=O)(=O)C1. The molecule has 0 saturated carbocycles. The fraction of sp³-hybridized carbons (Fsp3) is 0.667. The molecule has 0 aromatic carbocycles. The molecule has 2 heterocycles. The molecule has 1 aromatic rings. The Balaban J connectivity index is 2.05. The molecule has 0 spiro atoms. The molecule has 1 fully saturated rings. The lowest BCUT2D eigenvalue weighted by atomic mass is 10.2. The van der Waals surface area contributed by atoms with Crippen molar-refractivity contribution in [2.75, 3.05) is 18.1 Å². The normalized spacial score (nSPS) is 19.7. The first-order valence-electron chi connectivity index (χ1n) is 7.78. The number of carbonyl (C=O) groups excluding carboxylic acids is 1. The van der Waals surface area contributed by atoms with Crippen molar-refractivity contribution in [1.29, 1.82) is 0 Å². The van der Waals surface area contributed by atoms with Gasteiger partial charge in [0.05, 0.1) is 11.5 Å². The van der Waals surface area contributed by atoms with Crippen LogP contribution in [0.3, 0.4) is 0 Å². The molecule has 2 rings (SSSR count). The number of hydrogen-bond acceptors (Lipinski definition) is 5. The molecule has 1 amide bonds. The second kappa shape index (κ2) is 6.82. The Labute approximate surface area is 136 Å². The van der Waals surface area contributed by atoms with E-state index in [1.165, 1.54) is 4.57 Å². The molecule has 1 aliphatic heterocycles. The van der Waals surface area contributed by atoms with E-state index in [4.69, 9.17) is 0 Å². The maximum absolute atomic E-state index is 12.4. The van der Waals surface area contributed by atoms with E-state index in [0.717, 1.165) is 5.69 Å². The third kappa shape index (κ3) is 4.19. The summed E-state index contributed by atoms with van der Waals surface area (Å²) < 4.78 is 24.7. The summed E-state index contributed by atoms with van der Waals surface area (Å²) in [6.45, 7) is 6.13. The van der Waals surface area contributed by atoms with Crippen LogP contribution in [0.2, 0.25) is 0 Å². The summed E-state index contributed by atoms with van der Waals surface area (Å²) in [5, 5.41) is 0. The average molecular weight is 341 g/mol. The van der Waals surface area contributed by atoms with Crippen molar-refractivity contribution in [3.8, 4) is 0 Å². The minimum atomic E-state index is -3.03. The van der Waals surface area contributed by atoms with E-state index >= 15 is 0 Å². The molecular weight excluding hydrogens is 318 g/mol. The van der Waals surface area contributed by atoms with Crippen molar-refractivity contribution in [2.45, 2.75) is 46.2 Å². The second-order valence-electron chi connectivity index (χ2n) is 5.96. The van der Waals surface area contributed by atoms with Crippen molar-refractivity contribution in [3.05, 3.63) is 27.9 Å². The number of nitrogens with zero attached hydrogens (tertiary/aromatic N) is 3. The highest BCUT2D eigenvalue weighted by Crippen LogP contribution is 2.18. The van der Waals surface area contributed by atoms with Crippen LogP contribution in [0.5, 0.6) is 0 Å². The fourth-order valence-corrected chi connectivity index (χ4v) is 4.79. The van der Waals surface area contributed by atoms with Crippen LogP contribution in [0.1, 0.15) is 31.2 Å². The van der Waals surface area contributed by atoms with E-state index in [0.29, 0.717) is 18.7 Å². The maximum Gasteiger partial charge on any atom is 0.347 e. The topological polar surface area (TPSA) is 89.3 Å². The van der Waals surface area contributed by atoms with Gasteiger partial charge in [0.15, 0.2) is 9.84 Å². The Morgan fingerprint density at radius 2 is 2.13 bits per heavy atom. The lowest BCUT2D eigenvalue weighted by molar-refractivity contribution is -0.133. The van der Waals surface area contributed by atoms with Crippen molar-refractivity contribution >= 4 is 15.7 Å². The van der Waals surface area contributed by atoms with E-state index in [1.807, 2.05) is 13.8 Å². The smallest absolute Gasteiger partial charge is 0.339 e. The maximum atomic E-state index is 12.4. The minimum Gasteiger partial charge on any atom is -0.339 e. The third-order valence-electron chi connectivity index (χ3n) is 4.21. The molecule has 0 unspecified atom stereocenters. The van der Waals surface area contributed by atoms with Gasteiger partial charge in [-0.05, 0) is 33.3 Å². The van der Waals surface area contributed by atoms with Crippen LogP contribution in [-0.2, 0) is 21.2 Å². The first-order valence-corrected chi connectivity index (χ1v) is 9.60. The highest BCUT2D eigenvalue weighted by molar-refractivity contribution is 7.91. The lowest BCUT2D eigenvalue weighted by Crippen LogP contribution is -2.41. The predicted molar refractivity (Wildman–Crippen MR) is 87.0 cm³/mol. The zero-order valence-corrected chi connectivity index (χ0v) is 14.6. The van der Waals surface area contributed by atoms with Gasteiger partial charge in [-0.25, -0.2) is 13.2 Å². The number of rotatable bonds is 5. The lowest BCUT2D eigenvalue weighted by Gasteiger charge is -2.27. The van der Waals surface area contributed by atoms with Crippen molar-refractivity contribution in [3.63, 3.8) is 0 Å². The highest BCUT2D eigenvalue weighted by atomic mass is 32.2. The Bertz CT molecular complexity index is 754. The van der Waals surface area contributed by atoms with Crippen LogP contribution in [0.15, 0.2) is 10.9 Å². The van der Waals surface area contributed by atoms with Crippen LogP contribution in [-0.4, -0.2) is 52.9 Å². The number of amides is 1. The number of sulfone groups is 1. The molecule has 0 N–H and O–H groups in total. The summed E-state index contributed by atoms with van der Waals surface area (Å²) >= 11 is 0. The van der Waals surface area contributed by atoms with Crippen molar-refractivity contribution in [2.24, 2.45) is 0 Å². The van der Waals surface area contributed by atoms with E-state index in [1.54, 1.807) is 17.9 Å². The monoisotopic (exact) mass is 341 g/mol. The molecule has 0 radical (unpaired) electrons. The number of aromatic nitrogens is 2. The molecule has 1 atom stereocenters. The van der Waals surface area contributed by atoms with E-state index < -0.39 is 9.84 Å². The molecule has 128 valence electrons. The molecule has 0 bridgehead atoms. The van der Waals surface area contributed by atoms with Crippen LogP contribution in [0, 0.1) is 13.8 Å². The molecule has 1 saturated heterocycles. The van der Waals surface area contributed by atoms with Gasteiger partial charge in [0.25, 0.3) is 0 Å². The summed E-state index contributed by atoms with van der Waals surface area (Å²) in [5.41, 5.74) is 1.06. The third-order valence-corrected chi connectivity index (χ3v) is 5.96. The minimum absolute atomic E-state index is 0.0393. The van der Waals surface area contributed by atoms with Crippen LogP contribution in [0.4, 0.5) is 0 Å². The van der Waals surface area contributed by atoms with Gasteiger partial charge in [0.1, 0.15) is 0 Å². The van der Waals surface area contributed by atoms with Gasteiger partial charge >= 0.3 is 5.69 Å². The molecule has 23 heavy (non-hydrogen) atoms. The van der Waals surface area contributed by atoms with E-state index in [2.05, 4.69) is 4.98 Å². The molecule has 8 heteroatoms. The fourth-order valence-electron chi connectivity index (χ4n) is 3.06. The summed E-state index contributed by atoms with van der Waals surface area (Å²) in [7, 11) is -3.03. The van der Waals surface area contributed by atoms with Crippen LogP contribution >= 0.6 is 0 Å². The molecule has 0 aliphatic carbocycles. The van der Waals surface area contributed by atoms with Gasteiger partial charge in [-0.1, -0.05) is 0 Å².